The molecule has 1 heterocycles. The molecule has 5 rings (SSSR count). The van der Waals surface area contributed by atoms with Crippen LogP contribution in [-0.2, 0) is 28.6 Å². The largest absolute Gasteiger partial charge is 0.481 e. The van der Waals surface area contributed by atoms with Crippen molar-refractivity contribution in [3.05, 3.63) is 11.6 Å². The van der Waals surface area contributed by atoms with Gasteiger partial charge in [0.25, 0.3) is 0 Å². The van der Waals surface area contributed by atoms with E-state index in [1.54, 1.807) is 0 Å². The number of carbonyl (C=O) groups is 3. The molecule has 12 atom stereocenters. The molecule has 10 nitrogen and oxygen atoms in total. The zero-order valence-electron chi connectivity index (χ0n) is 30.0. The first-order chi connectivity index (χ1) is 21.9. The molecule has 47 heavy (non-hydrogen) atoms. The maximum absolute atomic E-state index is 13.3. The van der Waals surface area contributed by atoms with Gasteiger partial charge in [-0.1, -0.05) is 60.1 Å². The lowest BCUT2D eigenvalue weighted by molar-refractivity contribution is -0.266. The quantitative estimate of drug-likeness (QED) is 0.152. The Balaban J connectivity index is 1.50. The van der Waals surface area contributed by atoms with E-state index in [1.165, 1.54) is 12.5 Å². The number of amides is 1. The average molecular weight is 660 g/mol. The number of nitrogens with two attached hydrogens (primary N) is 2. The van der Waals surface area contributed by atoms with Crippen LogP contribution < -0.4 is 16.8 Å². The van der Waals surface area contributed by atoms with Gasteiger partial charge in [0.05, 0.1) is 31.8 Å². The first kappa shape index (κ1) is 36.3. The fourth-order valence-corrected chi connectivity index (χ4v) is 11.8. The van der Waals surface area contributed by atoms with Crippen molar-refractivity contribution in [2.24, 2.45) is 68.1 Å². The van der Waals surface area contributed by atoms with Crippen LogP contribution >= 0.6 is 0 Å². The van der Waals surface area contributed by atoms with E-state index < -0.39 is 41.0 Å². The van der Waals surface area contributed by atoms with Crippen molar-refractivity contribution in [2.45, 2.75) is 112 Å². The molecule has 0 aromatic heterocycles. The standard InChI is InChI=1S/C37H61N3O7/c1-21(2)22(3)33(5)13-14-35(7)24-9-10-28-34(6)19-45-20-37(28,25(24)11-12-36(35,8)29(33)32(43)44)17-27(47-23(4)41)30(34)46-16-15-40-31(42)26(39)18-38/h11,21-22,24,26-30H,9-10,12-20,38-39H2,1-8H3,(H,40,42)(H,43,44)/t22-,24+,26?,27-,28+,29-,30+,33-,34+,35-,36+,37-/m1/s1. The summed E-state index contributed by atoms with van der Waals surface area (Å²) in [6.07, 6.45) is 6.66. The average Bonchev–Trinajstić information content (AvgIpc) is 2.99. The van der Waals surface area contributed by atoms with Gasteiger partial charge >= 0.3 is 11.9 Å². The highest BCUT2D eigenvalue weighted by molar-refractivity contribution is 5.81. The summed E-state index contributed by atoms with van der Waals surface area (Å²) in [5, 5.41) is 13.7. The summed E-state index contributed by atoms with van der Waals surface area (Å²) in [4.78, 5) is 38.1. The van der Waals surface area contributed by atoms with Crippen LogP contribution in [0.5, 0.6) is 0 Å². The van der Waals surface area contributed by atoms with Crippen molar-refractivity contribution in [3.8, 4) is 0 Å². The molecule has 2 bridgehead atoms. The summed E-state index contributed by atoms with van der Waals surface area (Å²) in [6.45, 7) is 18.9. The fourth-order valence-electron chi connectivity index (χ4n) is 11.8. The molecule has 0 aromatic carbocycles. The minimum atomic E-state index is -0.770. The van der Waals surface area contributed by atoms with Crippen LogP contribution in [0.3, 0.4) is 0 Å². The van der Waals surface area contributed by atoms with Gasteiger partial charge in [-0.05, 0) is 78.4 Å². The molecule has 5 aliphatic rings. The maximum Gasteiger partial charge on any atom is 0.307 e. The fraction of sp³-hybridized carbons (Fsp3) is 0.865. The van der Waals surface area contributed by atoms with Crippen LogP contribution in [0.4, 0.5) is 0 Å². The summed E-state index contributed by atoms with van der Waals surface area (Å²) in [7, 11) is 0. The van der Waals surface area contributed by atoms with Crippen LogP contribution in [0, 0.1) is 56.7 Å². The number of ether oxygens (including phenoxy) is 3. The molecular weight excluding hydrogens is 598 g/mol. The van der Waals surface area contributed by atoms with E-state index in [9.17, 15) is 19.5 Å². The van der Waals surface area contributed by atoms with Gasteiger partial charge in [0.15, 0.2) is 0 Å². The number of hydrogen-bond donors (Lipinski definition) is 4. The second-order valence-electron chi connectivity index (χ2n) is 17.1. The van der Waals surface area contributed by atoms with E-state index >= 15 is 0 Å². The lowest BCUT2D eigenvalue weighted by Gasteiger charge is -2.71. The highest BCUT2D eigenvalue weighted by Gasteiger charge is 2.72. The van der Waals surface area contributed by atoms with E-state index in [0.717, 1.165) is 25.7 Å². The van der Waals surface area contributed by atoms with Gasteiger partial charge in [-0.25, -0.2) is 0 Å². The lowest BCUT2D eigenvalue weighted by Crippen LogP contribution is -2.70. The molecule has 1 unspecified atom stereocenters. The molecule has 0 spiro atoms. The Bertz CT molecular complexity index is 1270. The molecule has 10 heteroatoms. The Morgan fingerprint density at radius 2 is 1.79 bits per heavy atom. The van der Waals surface area contributed by atoms with Gasteiger partial charge in [0, 0.05) is 30.8 Å². The lowest BCUT2D eigenvalue weighted by atomic mass is 9.34. The van der Waals surface area contributed by atoms with Crippen LogP contribution in [0.2, 0.25) is 0 Å². The Morgan fingerprint density at radius 3 is 2.40 bits per heavy atom. The maximum atomic E-state index is 13.3. The number of nitrogens with one attached hydrogen (secondary N) is 1. The molecule has 266 valence electrons. The van der Waals surface area contributed by atoms with Crippen molar-refractivity contribution in [3.63, 3.8) is 0 Å². The summed E-state index contributed by atoms with van der Waals surface area (Å²) in [6, 6.07) is -0.770. The minimum absolute atomic E-state index is 0.0609. The van der Waals surface area contributed by atoms with Gasteiger partial charge in [-0.3, -0.25) is 14.4 Å². The Kier molecular flexibility index (Phi) is 9.81. The molecule has 1 aliphatic heterocycles. The van der Waals surface area contributed by atoms with Gasteiger partial charge in [0.1, 0.15) is 12.2 Å². The summed E-state index contributed by atoms with van der Waals surface area (Å²) in [5.41, 5.74) is 11.0. The molecule has 6 N–H and O–H groups in total. The Labute approximate surface area is 281 Å². The van der Waals surface area contributed by atoms with Gasteiger partial charge in [-0.2, -0.15) is 0 Å². The summed E-state index contributed by atoms with van der Waals surface area (Å²) < 4.78 is 19.1. The van der Waals surface area contributed by atoms with E-state index in [-0.39, 0.29) is 65.6 Å². The van der Waals surface area contributed by atoms with Crippen molar-refractivity contribution in [2.75, 3.05) is 32.9 Å². The molecule has 1 amide bonds. The van der Waals surface area contributed by atoms with Gasteiger partial charge < -0.3 is 36.1 Å². The topological polar surface area (TPSA) is 163 Å². The van der Waals surface area contributed by atoms with Gasteiger partial charge in [-0.15, -0.1) is 0 Å². The number of carbonyl (C=O) groups excluding carboxylic acids is 2. The van der Waals surface area contributed by atoms with Crippen molar-refractivity contribution in [1.82, 2.24) is 5.32 Å². The monoisotopic (exact) mass is 659 g/mol. The first-order valence-corrected chi connectivity index (χ1v) is 18.0. The highest BCUT2D eigenvalue weighted by atomic mass is 16.6. The number of fused-ring (bicyclic) bond motifs is 3. The van der Waals surface area contributed by atoms with Crippen molar-refractivity contribution < 1.29 is 33.7 Å². The predicted molar refractivity (Wildman–Crippen MR) is 179 cm³/mol. The molecule has 4 aliphatic carbocycles. The number of carboxylic acids is 1. The predicted octanol–water partition coefficient (Wildman–Crippen LogP) is 4.29. The highest BCUT2D eigenvalue weighted by Crippen LogP contribution is 2.75. The number of aliphatic carboxylic acids is 1. The van der Waals surface area contributed by atoms with E-state index in [4.69, 9.17) is 25.7 Å². The van der Waals surface area contributed by atoms with E-state index in [1.807, 2.05) is 0 Å². The number of allylic oxidation sites excluding steroid dienone is 1. The van der Waals surface area contributed by atoms with Crippen molar-refractivity contribution in [1.29, 1.82) is 0 Å². The first-order valence-electron chi connectivity index (χ1n) is 18.0. The second-order valence-corrected chi connectivity index (χ2v) is 17.1. The number of carboxylic acid groups (broad SMARTS) is 1. The van der Waals surface area contributed by atoms with Gasteiger partial charge in [0.2, 0.25) is 5.91 Å². The minimum Gasteiger partial charge on any atom is -0.481 e. The van der Waals surface area contributed by atoms with Crippen LogP contribution in [0.25, 0.3) is 0 Å². The zero-order chi connectivity index (χ0) is 34.7. The third-order valence-electron chi connectivity index (χ3n) is 14.7. The third kappa shape index (κ3) is 5.48. The normalized spacial score (nSPS) is 43.8. The van der Waals surface area contributed by atoms with E-state index in [0.29, 0.717) is 32.0 Å². The summed E-state index contributed by atoms with van der Waals surface area (Å²) >= 11 is 0. The summed E-state index contributed by atoms with van der Waals surface area (Å²) in [5.74, 6) is -0.637. The molecule has 3 saturated carbocycles. The van der Waals surface area contributed by atoms with Crippen LogP contribution in [-0.4, -0.2) is 74.1 Å². The Morgan fingerprint density at radius 1 is 1.09 bits per heavy atom. The van der Waals surface area contributed by atoms with Crippen LogP contribution in [0.15, 0.2) is 11.6 Å². The third-order valence-corrected chi connectivity index (χ3v) is 14.7. The SMILES string of the molecule is CC(=O)O[C@@H]1C[C@]23COC[C@@](C)([C@@H]2CC[C@H]2C3=CC[C@@]3(C)[C@H](C(=O)O)[C@@](C)([C@H](C)C(C)C)CC[C@]23C)[C@H]1OCCNC(=O)C(N)CN. The zero-order valence-corrected chi connectivity index (χ0v) is 30.0. The number of hydrogen-bond acceptors (Lipinski definition) is 8. The smallest absolute Gasteiger partial charge is 0.307 e. The number of rotatable bonds is 10. The molecule has 1 saturated heterocycles. The second kappa shape index (κ2) is 12.7. The molecular formula is C37H61N3O7. The molecule has 4 fully saturated rings. The molecule has 0 aromatic rings. The Hall–Kier alpha value is -2.01. The molecule has 0 radical (unpaired) electrons. The van der Waals surface area contributed by atoms with Crippen LogP contribution in [0.1, 0.15) is 93.9 Å². The van der Waals surface area contributed by atoms with Crippen molar-refractivity contribution >= 4 is 17.8 Å². The number of esters is 1. The van der Waals surface area contributed by atoms with E-state index in [2.05, 4.69) is 59.9 Å².